The molecule has 0 fully saturated rings. The number of urea groups is 1. The molecule has 1 aromatic carbocycles. The predicted molar refractivity (Wildman–Crippen MR) is 96.7 cm³/mol. The first-order chi connectivity index (χ1) is 12.1. The van der Waals surface area contributed by atoms with Crippen molar-refractivity contribution < 1.29 is 9.53 Å². The lowest BCUT2D eigenvalue weighted by Gasteiger charge is -2.18. The minimum Gasteiger partial charge on any atom is -0.493 e. The molecule has 1 atom stereocenters. The Labute approximate surface area is 148 Å². The largest absolute Gasteiger partial charge is 0.493 e. The predicted octanol–water partition coefficient (Wildman–Crippen LogP) is 3.23. The van der Waals surface area contributed by atoms with Crippen LogP contribution in [0.4, 0.5) is 4.79 Å². The van der Waals surface area contributed by atoms with Crippen LogP contribution in [-0.2, 0) is 13.1 Å². The van der Waals surface area contributed by atoms with Crippen LogP contribution in [0, 0.1) is 13.8 Å². The Morgan fingerprint density at radius 2 is 2.16 bits per heavy atom. The van der Waals surface area contributed by atoms with Crippen molar-refractivity contribution in [2.45, 2.75) is 52.7 Å². The van der Waals surface area contributed by atoms with Gasteiger partial charge in [0.1, 0.15) is 5.75 Å². The molecular formula is C19H26N4O2. The van der Waals surface area contributed by atoms with Crippen molar-refractivity contribution in [2.75, 3.05) is 6.61 Å². The Morgan fingerprint density at radius 3 is 2.92 bits per heavy atom. The van der Waals surface area contributed by atoms with E-state index in [1.807, 2.05) is 42.8 Å². The van der Waals surface area contributed by atoms with Crippen LogP contribution in [0.3, 0.4) is 0 Å². The van der Waals surface area contributed by atoms with Gasteiger partial charge in [-0.2, -0.15) is 5.10 Å². The first kappa shape index (κ1) is 17.3. The molecule has 0 saturated carbocycles. The van der Waals surface area contributed by atoms with Crippen LogP contribution in [-0.4, -0.2) is 22.4 Å². The Bertz CT molecular complexity index is 754. The summed E-state index contributed by atoms with van der Waals surface area (Å²) in [5.41, 5.74) is 4.20. The first-order valence-corrected chi connectivity index (χ1v) is 8.89. The topological polar surface area (TPSA) is 68.2 Å². The maximum Gasteiger partial charge on any atom is 0.315 e. The molecule has 0 saturated heterocycles. The van der Waals surface area contributed by atoms with Crippen LogP contribution in [0.2, 0.25) is 0 Å². The van der Waals surface area contributed by atoms with E-state index in [-0.39, 0.29) is 12.1 Å². The first-order valence-electron chi connectivity index (χ1n) is 8.89. The molecule has 6 nitrogen and oxygen atoms in total. The number of aryl methyl sites for hydroxylation is 2. The van der Waals surface area contributed by atoms with Gasteiger partial charge in [-0.05, 0) is 39.7 Å². The second-order valence-corrected chi connectivity index (χ2v) is 6.37. The Balaban J connectivity index is 1.64. The SMILES string of the molecule is CCn1nc(C)c(CNC(=O)N[C@@H]2CCCOc3ccccc32)c1C. The molecule has 0 radical (unpaired) electrons. The highest BCUT2D eigenvalue weighted by molar-refractivity contribution is 5.74. The van der Waals surface area contributed by atoms with Gasteiger partial charge in [-0.1, -0.05) is 18.2 Å². The van der Waals surface area contributed by atoms with Gasteiger partial charge in [0, 0.05) is 29.9 Å². The number of fused-ring (bicyclic) bond motifs is 1. The molecule has 6 heteroatoms. The monoisotopic (exact) mass is 342 g/mol. The number of benzene rings is 1. The minimum atomic E-state index is -0.162. The molecule has 2 N–H and O–H groups in total. The number of ether oxygens (including phenoxy) is 1. The molecule has 1 aliphatic rings. The molecular weight excluding hydrogens is 316 g/mol. The fraction of sp³-hybridized carbons (Fsp3) is 0.474. The van der Waals surface area contributed by atoms with Crippen LogP contribution in [0.1, 0.15) is 48.3 Å². The third kappa shape index (κ3) is 3.78. The fourth-order valence-electron chi connectivity index (χ4n) is 3.35. The van der Waals surface area contributed by atoms with Crippen LogP contribution in [0.15, 0.2) is 24.3 Å². The molecule has 134 valence electrons. The van der Waals surface area contributed by atoms with E-state index in [1.165, 1.54) is 0 Å². The van der Waals surface area contributed by atoms with E-state index in [0.29, 0.717) is 13.2 Å². The van der Waals surface area contributed by atoms with Crippen molar-refractivity contribution in [2.24, 2.45) is 0 Å². The molecule has 0 aliphatic carbocycles. The van der Waals surface area contributed by atoms with Gasteiger partial charge in [0.05, 0.1) is 18.3 Å². The number of carbonyl (C=O) groups is 1. The van der Waals surface area contributed by atoms with Gasteiger partial charge in [-0.15, -0.1) is 0 Å². The van der Waals surface area contributed by atoms with Crippen molar-refractivity contribution >= 4 is 6.03 Å². The lowest BCUT2D eigenvalue weighted by Crippen LogP contribution is -2.37. The number of hydrogen-bond donors (Lipinski definition) is 2. The molecule has 0 bridgehead atoms. The van der Waals surface area contributed by atoms with Crippen LogP contribution >= 0.6 is 0 Å². The smallest absolute Gasteiger partial charge is 0.315 e. The highest BCUT2D eigenvalue weighted by Crippen LogP contribution is 2.31. The second-order valence-electron chi connectivity index (χ2n) is 6.37. The molecule has 2 heterocycles. The molecule has 0 unspecified atom stereocenters. The molecule has 25 heavy (non-hydrogen) atoms. The normalized spacial score (nSPS) is 16.5. The van der Waals surface area contributed by atoms with E-state index >= 15 is 0 Å². The fourth-order valence-corrected chi connectivity index (χ4v) is 3.35. The third-order valence-electron chi connectivity index (χ3n) is 4.75. The number of rotatable bonds is 4. The summed E-state index contributed by atoms with van der Waals surface area (Å²) in [5, 5.41) is 10.6. The van der Waals surface area contributed by atoms with Crippen molar-refractivity contribution in [3.8, 4) is 5.75 Å². The number of para-hydroxylation sites is 1. The van der Waals surface area contributed by atoms with E-state index in [2.05, 4.69) is 22.7 Å². The zero-order chi connectivity index (χ0) is 17.8. The maximum atomic E-state index is 12.4. The summed E-state index contributed by atoms with van der Waals surface area (Å²) in [6.07, 6.45) is 1.79. The summed E-state index contributed by atoms with van der Waals surface area (Å²) in [6.45, 7) is 8.08. The second kappa shape index (κ2) is 7.59. The number of amides is 2. The average Bonchev–Trinajstić information content (AvgIpc) is 2.77. The molecule has 0 spiro atoms. The highest BCUT2D eigenvalue weighted by atomic mass is 16.5. The van der Waals surface area contributed by atoms with Crippen molar-refractivity contribution in [1.29, 1.82) is 0 Å². The number of hydrogen-bond acceptors (Lipinski definition) is 3. The van der Waals surface area contributed by atoms with Gasteiger partial charge in [0.2, 0.25) is 0 Å². The van der Waals surface area contributed by atoms with E-state index in [4.69, 9.17) is 4.74 Å². The number of carbonyl (C=O) groups excluding carboxylic acids is 1. The molecule has 2 amide bonds. The van der Waals surface area contributed by atoms with Gasteiger partial charge in [0.15, 0.2) is 0 Å². The summed E-state index contributed by atoms with van der Waals surface area (Å²) >= 11 is 0. The van der Waals surface area contributed by atoms with Crippen molar-refractivity contribution in [3.05, 3.63) is 46.8 Å². The van der Waals surface area contributed by atoms with E-state index in [1.54, 1.807) is 0 Å². The Kier molecular flexibility index (Phi) is 5.26. The lowest BCUT2D eigenvalue weighted by molar-refractivity contribution is 0.235. The van der Waals surface area contributed by atoms with Gasteiger partial charge >= 0.3 is 6.03 Å². The summed E-state index contributed by atoms with van der Waals surface area (Å²) in [5.74, 6) is 0.862. The van der Waals surface area contributed by atoms with Crippen molar-refractivity contribution in [1.82, 2.24) is 20.4 Å². The van der Waals surface area contributed by atoms with E-state index < -0.39 is 0 Å². The summed E-state index contributed by atoms with van der Waals surface area (Å²) < 4.78 is 7.71. The summed E-state index contributed by atoms with van der Waals surface area (Å²) in [7, 11) is 0. The van der Waals surface area contributed by atoms with Gasteiger partial charge < -0.3 is 15.4 Å². The van der Waals surface area contributed by atoms with Crippen LogP contribution in [0.5, 0.6) is 5.75 Å². The van der Waals surface area contributed by atoms with Gasteiger partial charge in [-0.3, -0.25) is 4.68 Å². The molecule has 2 aromatic rings. The van der Waals surface area contributed by atoms with Gasteiger partial charge in [-0.25, -0.2) is 4.79 Å². The van der Waals surface area contributed by atoms with Gasteiger partial charge in [0.25, 0.3) is 0 Å². The zero-order valence-corrected chi connectivity index (χ0v) is 15.1. The third-order valence-corrected chi connectivity index (χ3v) is 4.75. The lowest BCUT2D eigenvalue weighted by atomic mass is 10.0. The quantitative estimate of drug-likeness (QED) is 0.896. The standard InChI is InChI=1S/C19H26N4O2/c1-4-23-14(3)16(13(2)22-23)12-20-19(24)21-17-9-7-11-25-18-10-6-5-8-15(17)18/h5-6,8,10,17H,4,7,9,11-12H2,1-3H3,(H2,20,21,24)/t17-/m1/s1. The summed E-state index contributed by atoms with van der Waals surface area (Å²) in [6, 6.07) is 7.72. The zero-order valence-electron chi connectivity index (χ0n) is 15.1. The van der Waals surface area contributed by atoms with Crippen LogP contribution in [0.25, 0.3) is 0 Å². The number of nitrogens with one attached hydrogen (secondary N) is 2. The van der Waals surface area contributed by atoms with Crippen LogP contribution < -0.4 is 15.4 Å². The minimum absolute atomic E-state index is 0.0285. The highest BCUT2D eigenvalue weighted by Gasteiger charge is 2.21. The average molecular weight is 342 g/mol. The Morgan fingerprint density at radius 1 is 1.36 bits per heavy atom. The van der Waals surface area contributed by atoms with E-state index in [0.717, 1.165) is 47.7 Å². The van der Waals surface area contributed by atoms with Crippen molar-refractivity contribution in [3.63, 3.8) is 0 Å². The molecule has 1 aromatic heterocycles. The number of aromatic nitrogens is 2. The molecule has 1 aliphatic heterocycles. The van der Waals surface area contributed by atoms with E-state index in [9.17, 15) is 4.79 Å². The maximum absolute atomic E-state index is 12.4. The number of nitrogens with zero attached hydrogens (tertiary/aromatic N) is 2. The Hall–Kier alpha value is -2.50. The summed E-state index contributed by atoms with van der Waals surface area (Å²) in [4.78, 5) is 12.4. The molecule has 3 rings (SSSR count).